The van der Waals surface area contributed by atoms with Gasteiger partial charge in [-0.25, -0.2) is 0 Å². The Balaban J connectivity index is 2.35. The van der Waals surface area contributed by atoms with Crippen molar-refractivity contribution in [1.82, 2.24) is 5.32 Å². The maximum absolute atomic E-state index is 3.59. The lowest BCUT2D eigenvalue weighted by Crippen LogP contribution is -2.25. The second-order valence-electron chi connectivity index (χ2n) is 5.10. The van der Waals surface area contributed by atoms with Crippen LogP contribution in [0.3, 0.4) is 0 Å². The smallest absolute Gasteiger partial charge is 0.00173 e. The second-order valence-corrected chi connectivity index (χ2v) is 6.49. The van der Waals surface area contributed by atoms with E-state index in [1.54, 1.807) is 0 Å². The van der Waals surface area contributed by atoms with Gasteiger partial charge in [-0.3, -0.25) is 0 Å². The molecule has 0 amide bonds. The van der Waals surface area contributed by atoms with Gasteiger partial charge in [0.2, 0.25) is 0 Å². The molecule has 108 valence electrons. The first-order valence-corrected chi connectivity index (χ1v) is 8.84. The standard InChI is InChI=1S/C17H29NS/c1-3-12-18-15-17(11-8-13-19-4-2)14-16-9-6-5-7-10-16/h5-7,9-10,17-18H,3-4,8,11-15H2,1-2H3. The minimum atomic E-state index is 0.784. The molecule has 0 aliphatic heterocycles. The summed E-state index contributed by atoms with van der Waals surface area (Å²) in [6, 6.07) is 10.9. The van der Waals surface area contributed by atoms with E-state index in [0.717, 1.165) is 12.5 Å². The first-order chi connectivity index (χ1) is 9.36. The molecule has 0 saturated heterocycles. The first kappa shape index (κ1) is 16.6. The van der Waals surface area contributed by atoms with Crippen molar-refractivity contribution in [2.24, 2.45) is 5.92 Å². The molecule has 1 nitrogen and oxygen atoms in total. The summed E-state index contributed by atoms with van der Waals surface area (Å²) in [6.45, 7) is 6.79. The van der Waals surface area contributed by atoms with E-state index in [1.165, 1.54) is 49.3 Å². The first-order valence-electron chi connectivity index (χ1n) is 7.69. The quantitative estimate of drug-likeness (QED) is 0.603. The summed E-state index contributed by atoms with van der Waals surface area (Å²) in [7, 11) is 0. The van der Waals surface area contributed by atoms with Gasteiger partial charge in [0.15, 0.2) is 0 Å². The molecule has 1 N–H and O–H groups in total. The Labute approximate surface area is 123 Å². The number of nitrogens with one attached hydrogen (secondary N) is 1. The average Bonchev–Trinajstić information content (AvgIpc) is 2.44. The van der Waals surface area contributed by atoms with Crippen LogP contribution in [0, 0.1) is 5.92 Å². The maximum Gasteiger partial charge on any atom is -0.00173 e. The Hall–Kier alpha value is -0.470. The van der Waals surface area contributed by atoms with Crippen LogP contribution in [0.1, 0.15) is 38.7 Å². The highest BCUT2D eigenvalue weighted by Gasteiger charge is 2.09. The summed E-state index contributed by atoms with van der Waals surface area (Å²) in [5.41, 5.74) is 1.48. The second kappa shape index (κ2) is 11.4. The van der Waals surface area contributed by atoms with E-state index in [0.29, 0.717) is 0 Å². The van der Waals surface area contributed by atoms with Crippen molar-refractivity contribution in [3.63, 3.8) is 0 Å². The average molecular weight is 279 g/mol. The predicted molar refractivity (Wildman–Crippen MR) is 89.0 cm³/mol. The van der Waals surface area contributed by atoms with E-state index in [-0.39, 0.29) is 0 Å². The molecule has 0 heterocycles. The van der Waals surface area contributed by atoms with Gasteiger partial charge in [-0.1, -0.05) is 44.2 Å². The van der Waals surface area contributed by atoms with Gasteiger partial charge in [0, 0.05) is 0 Å². The summed E-state index contributed by atoms with van der Waals surface area (Å²) in [5.74, 6) is 3.35. The van der Waals surface area contributed by atoms with E-state index in [4.69, 9.17) is 0 Å². The molecule has 0 aromatic heterocycles. The zero-order valence-electron chi connectivity index (χ0n) is 12.5. The van der Waals surface area contributed by atoms with Crippen LogP contribution in [0.2, 0.25) is 0 Å². The molecule has 1 atom stereocenters. The molecule has 0 spiro atoms. The molecule has 1 rings (SSSR count). The van der Waals surface area contributed by atoms with Crippen LogP contribution in [-0.4, -0.2) is 24.6 Å². The van der Waals surface area contributed by atoms with Crippen molar-refractivity contribution in [3.05, 3.63) is 35.9 Å². The molecule has 1 aromatic rings. The molecule has 19 heavy (non-hydrogen) atoms. The third kappa shape index (κ3) is 8.33. The zero-order valence-corrected chi connectivity index (χ0v) is 13.3. The van der Waals surface area contributed by atoms with Crippen LogP contribution >= 0.6 is 11.8 Å². The van der Waals surface area contributed by atoms with Crippen molar-refractivity contribution < 1.29 is 0 Å². The van der Waals surface area contributed by atoms with Crippen molar-refractivity contribution in [2.75, 3.05) is 24.6 Å². The number of rotatable bonds is 11. The van der Waals surface area contributed by atoms with Gasteiger partial charge >= 0.3 is 0 Å². The monoisotopic (exact) mass is 279 g/mol. The van der Waals surface area contributed by atoms with Crippen LogP contribution in [0.25, 0.3) is 0 Å². The molecular weight excluding hydrogens is 250 g/mol. The summed E-state index contributed by atoms with van der Waals surface area (Å²) in [5, 5.41) is 3.59. The Morgan fingerprint density at radius 3 is 2.63 bits per heavy atom. The van der Waals surface area contributed by atoms with Crippen LogP contribution in [-0.2, 0) is 6.42 Å². The molecule has 0 radical (unpaired) electrons. The highest BCUT2D eigenvalue weighted by molar-refractivity contribution is 7.99. The van der Waals surface area contributed by atoms with Gasteiger partial charge in [-0.15, -0.1) is 0 Å². The molecule has 1 unspecified atom stereocenters. The zero-order chi connectivity index (χ0) is 13.8. The van der Waals surface area contributed by atoms with Crippen LogP contribution in [0.4, 0.5) is 0 Å². The van der Waals surface area contributed by atoms with E-state index in [1.807, 2.05) is 0 Å². The highest BCUT2D eigenvalue weighted by Crippen LogP contribution is 2.15. The van der Waals surface area contributed by atoms with Crippen molar-refractivity contribution >= 4 is 11.8 Å². The fraction of sp³-hybridized carbons (Fsp3) is 0.647. The van der Waals surface area contributed by atoms with Crippen molar-refractivity contribution in [1.29, 1.82) is 0 Å². The SMILES string of the molecule is CCCNCC(CCCSCC)Cc1ccccc1. The fourth-order valence-corrected chi connectivity index (χ4v) is 2.98. The number of benzene rings is 1. The third-order valence-electron chi connectivity index (χ3n) is 3.33. The fourth-order valence-electron chi connectivity index (χ4n) is 2.33. The van der Waals surface area contributed by atoms with Crippen LogP contribution in [0.15, 0.2) is 30.3 Å². The molecule has 0 aliphatic rings. The van der Waals surface area contributed by atoms with E-state index < -0.39 is 0 Å². The van der Waals surface area contributed by atoms with Gasteiger partial charge in [0.1, 0.15) is 0 Å². The largest absolute Gasteiger partial charge is 0.316 e. The summed E-state index contributed by atoms with van der Waals surface area (Å²) < 4.78 is 0. The van der Waals surface area contributed by atoms with E-state index in [2.05, 4.69) is 61.3 Å². The topological polar surface area (TPSA) is 12.0 Å². The van der Waals surface area contributed by atoms with Gasteiger partial charge < -0.3 is 5.32 Å². The lowest BCUT2D eigenvalue weighted by Gasteiger charge is -2.17. The molecular formula is C17H29NS. The van der Waals surface area contributed by atoms with Crippen LogP contribution < -0.4 is 5.32 Å². The van der Waals surface area contributed by atoms with E-state index >= 15 is 0 Å². The van der Waals surface area contributed by atoms with E-state index in [9.17, 15) is 0 Å². The molecule has 0 saturated carbocycles. The number of hydrogen-bond acceptors (Lipinski definition) is 2. The Kier molecular flexibility index (Phi) is 9.92. The van der Waals surface area contributed by atoms with Crippen molar-refractivity contribution in [3.8, 4) is 0 Å². The minimum absolute atomic E-state index is 0.784. The summed E-state index contributed by atoms with van der Waals surface area (Å²) in [6.07, 6.45) is 5.14. The predicted octanol–water partition coefficient (Wildman–Crippen LogP) is 4.38. The Bertz CT molecular complexity index is 299. The number of thioether (sulfide) groups is 1. The molecule has 0 aliphatic carbocycles. The lowest BCUT2D eigenvalue weighted by molar-refractivity contribution is 0.440. The van der Waals surface area contributed by atoms with Gasteiger partial charge in [0.25, 0.3) is 0 Å². The molecule has 1 aromatic carbocycles. The highest BCUT2D eigenvalue weighted by atomic mass is 32.2. The Morgan fingerprint density at radius 2 is 1.95 bits per heavy atom. The minimum Gasteiger partial charge on any atom is -0.316 e. The summed E-state index contributed by atoms with van der Waals surface area (Å²) >= 11 is 2.06. The molecule has 0 bridgehead atoms. The number of hydrogen-bond donors (Lipinski definition) is 1. The molecule has 2 heteroatoms. The lowest BCUT2D eigenvalue weighted by atomic mass is 9.95. The van der Waals surface area contributed by atoms with Gasteiger partial charge in [-0.05, 0) is 61.8 Å². The normalized spacial score (nSPS) is 12.5. The Morgan fingerprint density at radius 1 is 1.16 bits per heavy atom. The van der Waals surface area contributed by atoms with Gasteiger partial charge in [-0.2, -0.15) is 11.8 Å². The van der Waals surface area contributed by atoms with Gasteiger partial charge in [0.05, 0.1) is 0 Å². The van der Waals surface area contributed by atoms with Crippen molar-refractivity contribution in [2.45, 2.75) is 39.5 Å². The maximum atomic E-state index is 3.59. The third-order valence-corrected chi connectivity index (χ3v) is 4.32. The van der Waals surface area contributed by atoms with Crippen LogP contribution in [0.5, 0.6) is 0 Å². The molecule has 0 fully saturated rings. The summed E-state index contributed by atoms with van der Waals surface area (Å²) in [4.78, 5) is 0.